The van der Waals surface area contributed by atoms with E-state index >= 15 is 0 Å². The van der Waals surface area contributed by atoms with E-state index in [9.17, 15) is 20.1 Å². The summed E-state index contributed by atoms with van der Waals surface area (Å²) >= 11 is 0. The molecule has 0 fully saturated rings. The van der Waals surface area contributed by atoms with Gasteiger partial charge in [-0.15, -0.1) is 0 Å². The lowest BCUT2D eigenvalue weighted by atomic mass is 9.90. The van der Waals surface area contributed by atoms with Gasteiger partial charge in [-0.2, -0.15) is 0 Å². The summed E-state index contributed by atoms with van der Waals surface area (Å²) in [7, 11) is 0. The Morgan fingerprint density at radius 2 is 1.83 bits per heavy atom. The molecule has 4 N–H and O–H groups in total. The van der Waals surface area contributed by atoms with Gasteiger partial charge in [-0.05, 0) is 25.0 Å². The molecule has 0 aromatic heterocycles. The summed E-state index contributed by atoms with van der Waals surface area (Å²) in [4.78, 5) is 11.9. The molecule has 0 aliphatic heterocycles. The van der Waals surface area contributed by atoms with Crippen LogP contribution in [0, 0.1) is 0 Å². The molecule has 0 saturated heterocycles. The number of hydrogen-bond donors (Lipinski definition) is 4. The highest BCUT2D eigenvalue weighted by Gasteiger charge is 2.36. The monoisotopic (exact) mass is 338 g/mol. The molecule has 0 spiro atoms. The molecule has 5 nitrogen and oxygen atoms in total. The lowest BCUT2D eigenvalue weighted by Crippen LogP contribution is -2.28. The Kier molecular flexibility index (Phi) is 9.14. The third-order valence-electron chi connectivity index (χ3n) is 4.31. The molecule has 136 valence electrons. The fourth-order valence-corrected chi connectivity index (χ4v) is 2.73. The first-order valence-corrected chi connectivity index (χ1v) is 8.76. The summed E-state index contributed by atoms with van der Waals surface area (Å²) in [5.74, 6) is -0.245. The first kappa shape index (κ1) is 20.8. The summed E-state index contributed by atoms with van der Waals surface area (Å²) in [5.41, 5.74) is -0.981. The van der Waals surface area contributed by atoms with Crippen molar-refractivity contribution in [3.63, 3.8) is 0 Å². The summed E-state index contributed by atoms with van der Waals surface area (Å²) in [5, 5.41) is 38.3. The predicted molar refractivity (Wildman–Crippen MR) is 93.4 cm³/mol. The molecule has 24 heavy (non-hydrogen) atoms. The highest BCUT2D eigenvalue weighted by Crippen LogP contribution is 2.31. The highest BCUT2D eigenvalue weighted by molar-refractivity contribution is 6.09. The van der Waals surface area contributed by atoms with Gasteiger partial charge in [0.2, 0.25) is 0 Å². The van der Waals surface area contributed by atoms with Crippen LogP contribution in [0.3, 0.4) is 0 Å². The Hall–Kier alpha value is -1.27. The van der Waals surface area contributed by atoms with E-state index in [2.05, 4.69) is 6.92 Å². The topological polar surface area (TPSA) is 98.0 Å². The summed E-state index contributed by atoms with van der Waals surface area (Å²) in [6.45, 7) is 1.61. The average Bonchev–Trinajstić information content (AvgIpc) is 2.85. The fourth-order valence-electron chi connectivity index (χ4n) is 2.73. The smallest absolute Gasteiger partial charge is 0.184 e. The van der Waals surface area contributed by atoms with Gasteiger partial charge in [0.1, 0.15) is 17.8 Å². The molecule has 0 saturated carbocycles. The maximum absolute atomic E-state index is 11.9. The van der Waals surface area contributed by atoms with Gasteiger partial charge >= 0.3 is 0 Å². The molecule has 0 heterocycles. The normalized spacial score (nSPS) is 25.0. The zero-order valence-corrected chi connectivity index (χ0v) is 14.4. The van der Waals surface area contributed by atoms with Crippen molar-refractivity contribution < 1.29 is 25.2 Å². The Bertz CT molecular complexity index is 480. The second-order valence-corrected chi connectivity index (χ2v) is 6.35. The van der Waals surface area contributed by atoms with Crippen molar-refractivity contribution in [2.45, 2.75) is 69.7 Å². The quantitative estimate of drug-likeness (QED) is 0.340. The number of rotatable bonds is 11. The van der Waals surface area contributed by atoms with Gasteiger partial charge in [0.05, 0.1) is 6.61 Å². The number of carbonyl (C=O) groups excluding carboxylic acids is 1. The number of hydrogen-bond acceptors (Lipinski definition) is 5. The largest absolute Gasteiger partial charge is 0.394 e. The zero-order valence-electron chi connectivity index (χ0n) is 14.4. The van der Waals surface area contributed by atoms with Crippen molar-refractivity contribution in [3.05, 3.63) is 36.0 Å². The minimum Gasteiger partial charge on any atom is -0.394 e. The minimum atomic E-state index is -1.26. The van der Waals surface area contributed by atoms with Crippen LogP contribution in [0.1, 0.15) is 51.9 Å². The number of ketones is 1. The minimum absolute atomic E-state index is 0.245. The maximum atomic E-state index is 11.9. The summed E-state index contributed by atoms with van der Waals surface area (Å²) in [6.07, 6.45) is 11.7. The Balaban J connectivity index is 2.59. The van der Waals surface area contributed by atoms with E-state index in [4.69, 9.17) is 5.11 Å². The predicted octanol–water partition coefficient (Wildman–Crippen LogP) is 1.80. The summed E-state index contributed by atoms with van der Waals surface area (Å²) in [6, 6.07) is 0. The number of aliphatic hydroxyl groups is 4. The van der Waals surface area contributed by atoms with Crippen LogP contribution in [0.5, 0.6) is 0 Å². The Morgan fingerprint density at radius 1 is 1.17 bits per heavy atom. The van der Waals surface area contributed by atoms with E-state index in [-0.39, 0.29) is 11.4 Å². The van der Waals surface area contributed by atoms with Crippen molar-refractivity contribution in [1.82, 2.24) is 0 Å². The van der Waals surface area contributed by atoms with Crippen LogP contribution in [0.2, 0.25) is 0 Å². The van der Waals surface area contributed by atoms with Crippen molar-refractivity contribution in [1.29, 1.82) is 0 Å². The molecular formula is C19H30O5. The zero-order chi connectivity index (χ0) is 18.0. The van der Waals surface area contributed by atoms with E-state index < -0.39 is 24.4 Å². The van der Waals surface area contributed by atoms with Crippen LogP contribution in [0.25, 0.3) is 0 Å². The van der Waals surface area contributed by atoms with Crippen LogP contribution in [0.15, 0.2) is 36.0 Å². The van der Waals surface area contributed by atoms with Crippen LogP contribution in [-0.4, -0.2) is 50.6 Å². The van der Waals surface area contributed by atoms with Crippen LogP contribution in [-0.2, 0) is 4.79 Å². The molecular weight excluding hydrogens is 308 g/mol. The van der Waals surface area contributed by atoms with E-state index in [1.165, 1.54) is 49.6 Å². The fraction of sp³-hybridized carbons (Fsp3) is 0.632. The second-order valence-electron chi connectivity index (χ2n) is 6.35. The van der Waals surface area contributed by atoms with Gasteiger partial charge in [0.15, 0.2) is 5.78 Å². The number of allylic oxidation sites excluding steroid dienone is 3. The van der Waals surface area contributed by atoms with Crippen LogP contribution >= 0.6 is 0 Å². The number of carbonyl (C=O) groups is 1. The highest BCUT2D eigenvalue weighted by atomic mass is 16.4. The van der Waals surface area contributed by atoms with E-state index in [1.54, 1.807) is 0 Å². The number of unbranched alkanes of at least 4 members (excludes halogenated alkanes) is 5. The van der Waals surface area contributed by atoms with Gasteiger partial charge in [0.25, 0.3) is 0 Å². The molecule has 0 bridgehead atoms. The number of aliphatic hydroxyl groups excluding tert-OH is 3. The van der Waals surface area contributed by atoms with Gasteiger partial charge in [-0.25, -0.2) is 0 Å². The molecule has 0 amide bonds. The third kappa shape index (κ3) is 6.32. The maximum Gasteiger partial charge on any atom is 0.184 e. The SMILES string of the molecule is CCCCCCCCC1(O)C=CC(=O)C1=CC=CC(O)C(O)CO. The first-order valence-electron chi connectivity index (χ1n) is 8.76. The van der Waals surface area contributed by atoms with Gasteiger partial charge in [0, 0.05) is 5.57 Å². The van der Waals surface area contributed by atoms with Crippen molar-refractivity contribution in [2.75, 3.05) is 6.61 Å². The molecule has 1 aliphatic rings. The molecule has 3 atom stereocenters. The molecule has 1 aliphatic carbocycles. The van der Waals surface area contributed by atoms with Gasteiger partial charge in [-0.1, -0.05) is 57.3 Å². The third-order valence-corrected chi connectivity index (χ3v) is 4.31. The van der Waals surface area contributed by atoms with Gasteiger partial charge in [-0.3, -0.25) is 4.79 Å². The molecule has 1 rings (SSSR count). The van der Waals surface area contributed by atoms with Crippen molar-refractivity contribution in [2.24, 2.45) is 0 Å². The van der Waals surface area contributed by atoms with Crippen LogP contribution in [0.4, 0.5) is 0 Å². The standard InChI is InChI=1S/C19H30O5/c1-2-3-4-5-6-7-12-19(24)13-11-16(21)15(19)9-8-10-17(22)18(23)14-20/h8-11,13,17-18,20,22-24H,2-7,12,14H2,1H3. The molecule has 0 radical (unpaired) electrons. The first-order chi connectivity index (χ1) is 11.4. The lowest BCUT2D eigenvalue weighted by Gasteiger charge is -2.22. The molecule has 0 aromatic rings. The lowest BCUT2D eigenvalue weighted by molar-refractivity contribution is -0.112. The molecule has 0 aromatic carbocycles. The van der Waals surface area contributed by atoms with E-state index in [0.717, 1.165) is 19.3 Å². The van der Waals surface area contributed by atoms with Crippen molar-refractivity contribution in [3.8, 4) is 0 Å². The molecule has 5 heteroatoms. The van der Waals surface area contributed by atoms with Gasteiger partial charge < -0.3 is 20.4 Å². The Labute approximate surface area is 144 Å². The second kappa shape index (κ2) is 10.6. The molecule has 3 unspecified atom stereocenters. The van der Waals surface area contributed by atoms with Crippen LogP contribution < -0.4 is 0 Å². The van der Waals surface area contributed by atoms with E-state index in [1.807, 2.05) is 0 Å². The summed E-state index contributed by atoms with van der Waals surface area (Å²) < 4.78 is 0. The Morgan fingerprint density at radius 3 is 2.50 bits per heavy atom. The van der Waals surface area contributed by atoms with Crippen molar-refractivity contribution >= 4 is 5.78 Å². The van der Waals surface area contributed by atoms with E-state index in [0.29, 0.717) is 6.42 Å². The average molecular weight is 338 g/mol.